The van der Waals surface area contributed by atoms with E-state index in [0.29, 0.717) is 12.6 Å². The van der Waals surface area contributed by atoms with Crippen molar-refractivity contribution in [1.82, 2.24) is 10.3 Å². The van der Waals surface area contributed by atoms with Crippen molar-refractivity contribution in [2.45, 2.75) is 31.9 Å². The molecule has 0 spiro atoms. The first-order chi connectivity index (χ1) is 8.75. The van der Waals surface area contributed by atoms with Gasteiger partial charge in [-0.3, -0.25) is 4.98 Å². The first-order valence-electron chi connectivity index (χ1n) is 6.26. The predicted octanol–water partition coefficient (Wildman–Crippen LogP) is 1.44. The minimum absolute atomic E-state index is 0.217. The van der Waals surface area contributed by atoms with E-state index >= 15 is 0 Å². The zero-order valence-electron chi connectivity index (χ0n) is 10.3. The van der Waals surface area contributed by atoms with Gasteiger partial charge in [-0.2, -0.15) is 0 Å². The Morgan fingerprint density at radius 3 is 3.00 bits per heavy atom. The van der Waals surface area contributed by atoms with Crippen LogP contribution in [-0.2, 0) is 11.3 Å². The van der Waals surface area contributed by atoms with E-state index in [1.807, 2.05) is 0 Å². The number of nitrogens with one attached hydrogen (secondary N) is 1. The number of aromatic nitrogens is 1. The van der Waals surface area contributed by atoms with Gasteiger partial charge in [0.05, 0.1) is 17.4 Å². The van der Waals surface area contributed by atoms with Crippen LogP contribution < -0.4 is 5.32 Å². The molecule has 1 aliphatic heterocycles. The Bertz CT molecular complexity index is 386. The molecule has 98 valence electrons. The number of ether oxygens (including phenoxy) is 1. The molecule has 0 bridgehead atoms. The van der Waals surface area contributed by atoms with Crippen LogP contribution in [0.3, 0.4) is 0 Å². The van der Waals surface area contributed by atoms with Crippen LogP contribution in [0.25, 0.3) is 0 Å². The maximum atomic E-state index is 10.7. The van der Waals surface area contributed by atoms with Gasteiger partial charge in [-0.1, -0.05) is 0 Å². The Morgan fingerprint density at radius 1 is 1.50 bits per heavy atom. The summed E-state index contributed by atoms with van der Waals surface area (Å²) in [7, 11) is 0. The third-order valence-electron chi connectivity index (χ3n) is 3.02. The Balaban J connectivity index is 1.74. The molecule has 1 atom stereocenters. The zero-order valence-corrected chi connectivity index (χ0v) is 10.3. The third-order valence-corrected chi connectivity index (χ3v) is 3.02. The average molecular weight is 250 g/mol. The highest BCUT2D eigenvalue weighted by Crippen LogP contribution is 2.11. The van der Waals surface area contributed by atoms with E-state index in [1.165, 1.54) is 12.6 Å². The fraction of sp³-hybridized carbons (Fsp3) is 0.538. The van der Waals surface area contributed by atoms with E-state index in [2.05, 4.69) is 10.3 Å². The Morgan fingerprint density at radius 2 is 2.39 bits per heavy atom. The molecular formula is C13H18N2O3. The van der Waals surface area contributed by atoms with Gasteiger partial charge < -0.3 is 15.2 Å². The first-order valence-corrected chi connectivity index (χ1v) is 6.26. The maximum absolute atomic E-state index is 10.7. The number of carboxylic acids is 1. The van der Waals surface area contributed by atoms with E-state index in [1.54, 1.807) is 12.1 Å². The highest BCUT2D eigenvalue weighted by atomic mass is 16.5. The molecule has 1 aliphatic rings. The molecule has 0 aromatic carbocycles. The number of carboxylic acid groups (broad SMARTS) is 1. The number of nitrogens with zero attached hydrogens (tertiary/aromatic N) is 1. The molecule has 2 N–H and O–H groups in total. The molecule has 0 aliphatic carbocycles. The van der Waals surface area contributed by atoms with Gasteiger partial charge in [-0.15, -0.1) is 0 Å². The van der Waals surface area contributed by atoms with Crippen molar-refractivity contribution in [3.8, 4) is 0 Å². The van der Waals surface area contributed by atoms with Gasteiger partial charge in [0.1, 0.15) is 0 Å². The second-order valence-electron chi connectivity index (χ2n) is 4.46. The molecule has 1 unspecified atom stereocenters. The van der Waals surface area contributed by atoms with Crippen molar-refractivity contribution in [3.05, 3.63) is 29.6 Å². The number of pyridine rings is 1. The highest BCUT2D eigenvalue weighted by molar-refractivity contribution is 5.87. The van der Waals surface area contributed by atoms with Gasteiger partial charge in [0, 0.05) is 25.9 Å². The number of hydrogen-bond acceptors (Lipinski definition) is 4. The van der Waals surface area contributed by atoms with Crippen LogP contribution in [0, 0.1) is 0 Å². The lowest BCUT2D eigenvalue weighted by molar-refractivity contribution is 0.0167. The molecule has 1 saturated heterocycles. The molecule has 1 fully saturated rings. The summed E-state index contributed by atoms with van der Waals surface area (Å²) < 4.78 is 5.61. The summed E-state index contributed by atoms with van der Waals surface area (Å²) >= 11 is 0. The van der Waals surface area contributed by atoms with Crippen LogP contribution in [0.15, 0.2) is 18.3 Å². The topological polar surface area (TPSA) is 71.5 Å². The van der Waals surface area contributed by atoms with Gasteiger partial charge in [-0.05, 0) is 31.4 Å². The molecule has 5 heteroatoms. The molecule has 2 rings (SSSR count). The second-order valence-corrected chi connectivity index (χ2v) is 4.46. The van der Waals surface area contributed by atoms with E-state index in [0.717, 1.165) is 31.7 Å². The van der Waals surface area contributed by atoms with E-state index in [4.69, 9.17) is 9.84 Å². The number of carbonyl (C=O) groups is 1. The normalized spacial score (nSPS) is 19.7. The molecule has 0 saturated carbocycles. The number of aromatic carboxylic acids is 1. The number of hydrogen-bond donors (Lipinski definition) is 2. The first kappa shape index (κ1) is 13.0. The molecular weight excluding hydrogens is 232 g/mol. The summed E-state index contributed by atoms with van der Waals surface area (Å²) in [4.78, 5) is 14.8. The van der Waals surface area contributed by atoms with Crippen LogP contribution in [0.2, 0.25) is 0 Å². The summed E-state index contributed by atoms with van der Waals surface area (Å²) in [6, 6.07) is 3.31. The van der Waals surface area contributed by atoms with Gasteiger partial charge in [0.15, 0.2) is 0 Å². The van der Waals surface area contributed by atoms with E-state index in [-0.39, 0.29) is 5.56 Å². The smallest absolute Gasteiger partial charge is 0.337 e. The second kappa shape index (κ2) is 6.47. The Kier molecular flexibility index (Phi) is 4.66. The van der Waals surface area contributed by atoms with Crippen molar-refractivity contribution in [2.24, 2.45) is 0 Å². The van der Waals surface area contributed by atoms with Crippen LogP contribution in [0.1, 0.15) is 35.3 Å². The van der Waals surface area contributed by atoms with E-state index in [9.17, 15) is 4.79 Å². The van der Waals surface area contributed by atoms with Gasteiger partial charge in [0.2, 0.25) is 0 Å². The third kappa shape index (κ3) is 3.78. The van der Waals surface area contributed by atoms with Crippen LogP contribution in [0.5, 0.6) is 0 Å². The quantitative estimate of drug-likeness (QED) is 0.827. The zero-order chi connectivity index (χ0) is 12.8. The average Bonchev–Trinajstić information content (AvgIpc) is 2.40. The lowest BCUT2D eigenvalue weighted by atomic mass is 10.1. The fourth-order valence-corrected chi connectivity index (χ4v) is 1.99. The minimum atomic E-state index is -0.947. The largest absolute Gasteiger partial charge is 0.478 e. The van der Waals surface area contributed by atoms with Gasteiger partial charge in [0.25, 0.3) is 0 Å². The van der Waals surface area contributed by atoms with Crippen LogP contribution in [-0.4, -0.2) is 35.3 Å². The maximum Gasteiger partial charge on any atom is 0.337 e. The summed E-state index contributed by atoms with van der Waals surface area (Å²) in [5.74, 6) is -0.947. The molecule has 1 aromatic heterocycles. The standard InChI is InChI=1S/C13H18N2O3/c16-13(17)10-4-5-11(15-7-10)8-14-9-12-3-1-2-6-18-12/h4-5,7,12,14H,1-3,6,8-9H2,(H,16,17). The van der Waals surface area contributed by atoms with Crippen molar-refractivity contribution >= 4 is 5.97 Å². The van der Waals surface area contributed by atoms with Crippen molar-refractivity contribution in [3.63, 3.8) is 0 Å². The molecule has 2 heterocycles. The van der Waals surface area contributed by atoms with Crippen LogP contribution in [0.4, 0.5) is 0 Å². The van der Waals surface area contributed by atoms with Gasteiger partial charge >= 0.3 is 5.97 Å². The molecule has 1 aromatic rings. The van der Waals surface area contributed by atoms with Crippen LogP contribution >= 0.6 is 0 Å². The Hall–Kier alpha value is -1.46. The van der Waals surface area contributed by atoms with Crippen molar-refractivity contribution in [1.29, 1.82) is 0 Å². The lowest BCUT2D eigenvalue weighted by Gasteiger charge is -2.22. The summed E-state index contributed by atoms with van der Waals surface area (Å²) in [6.45, 7) is 2.32. The van der Waals surface area contributed by atoms with E-state index < -0.39 is 5.97 Å². The summed E-state index contributed by atoms with van der Waals surface area (Å²) in [5, 5.41) is 12.0. The van der Waals surface area contributed by atoms with Crippen molar-refractivity contribution in [2.75, 3.05) is 13.2 Å². The lowest BCUT2D eigenvalue weighted by Crippen LogP contribution is -2.31. The monoisotopic (exact) mass is 250 g/mol. The minimum Gasteiger partial charge on any atom is -0.478 e. The van der Waals surface area contributed by atoms with Gasteiger partial charge in [-0.25, -0.2) is 4.79 Å². The number of rotatable bonds is 5. The van der Waals surface area contributed by atoms with Crippen molar-refractivity contribution < 1.29 is 14.6 Å². The Labute approximate surface area is 106 Å². The summed E-state index contributed by atoms with van der Waals surface area (Å²) in [6.07, 6.45) is 5.19. The highest BCUT2D eigenvalue weighted by Gasteiger charge is 2.12. The predicted molar refractivity (Wildman–Crippen MR) is 66.5 cm³/mol. The molecule has 0 amide bonds. The molecule has 18 heavy (non-hydrogen) atoms. The molecule has 5 nitrogen and oxygen atoms in total. The fourth-order valence-electron chi connectivity index (χ4n) is 1.99. The SMILES string of the molecule is O=C(O)c1ccc(CNCC2CCCCO2)nc1. The molecule has 0 radical (unpaired) electrons. The summed E-state index contributed by atoms with van der Waals surface area (Å²) in [5.41, 5.74) is 1.06.